The van der Waals surface area contributed by atoms with E-state index in [1.54, 1.807) is 6.08 Å². The van der Waals surface area contributed by atoms with Crippen molar-refractivity contribution >= 4 is 6.29 Å². The van der Waals surface area contributed by atoms with Gasteiger partial charge >= 0.3 is 0 Å². The molecule has 1 atom stereocenters. The van der Waals surface area contributed by atoms with E-state index in [0.717, 1.165) is 18.4 Å². The summed E-state index contributed by atoms with van der Waals surface area (Å²) in [6, 6.07) is 0. The molecule has 0 fully saturated rings. The first-order valence-electron chi connectivity index (χ1n) is 3.27. The zero-order chi connectivity index (χ0) is 7.61. The Morgan fingerprint density at radius 3 is 2.90 bits per heavy atom. The maximum Gasteiger partial charge on any atom is 0.129 e. The molecule has 0 saturated heterocycles. The summed E-state index contributed by atoms with van der Waals surface area (Å²) in [6.07, 6.45) is 7.16. The molecular weight excluding hydrogens is 126 g/mol. The number of carbonyl (C=O) groups excluding carboxylic acids is 1. The van der Waals surface area contributed by atoms with E-state index in [2.05, 4.69) is 0 Å². The highest BCUT2D eigenvalue weighted by Gasteiger charge is 2.20. The van der Waals surface area contributed by atoms with Gasteiger partial charge in [-0.25, -0.2) is 0 Å². The van der Waals surface area contributed by atoms with Crippen LogP contribution in [0.25, 0.3) is 0 Å². The number of allylic oxidation sites excluding steroid dienone is 3. The van der Waals surface area contributed by atoms with Gasteiger partial charge in [0.15, 0.2) is 0 Å². The Morgan fingerprint density at radius 2 is 2.50 bits per heavy atom. The molecule has 0 heterocycles. The average Bonchev–Trinajstić information content (AvgIpc) is 1.96. The van der Waals surface area contributed by atoms with E-state index in [1.807, 2.05) is 19.1 Å². The van der Waals surface area contributed by atoms with Crippen LogP contribution in [0.15, 0.2) is 23.9 Å². The van der Waals surface area contributed by atoms with Crippen molar-refractivity contribution in [3.05, 3.63) is 23.9 Å². The van der Waals surface area contributed by atoms with Crippen LogP contribution >= 0.6 is 0 Å². The minimum absolute atomic E-state index is 0.317. The molecular formula is C8H11NO. The van der Waals surface area contributed by atoms with Crippen LogP contribution in [-0.4, -0.2) is 6.29 Å². The van der Waals surface area contributed by atoms with Crippen molar-refractivity contribution in [1.82, 2.24) is 0 Å². The molecule has 0 spiro atoms. The molecule has 0 bridgehead atoms. The first-order valence-corrected chi connectivity index (χ1v) is 3.27. The van der Waals surface area contributed by atoms with Gasteiger partial charge in [-0.3, -0.25) is 0 Å². The predicted octanol–water partition coefficient (Wildman–Crippen LogP) is 0.994. The smallest absolute Gasteiger partial charge is 0.129 e. The lowest BCUT2D eigenvalue weighted by Gasteiger charge is -2.19. The number of hydrogen-bond acceptors (Lipinski definition) is 2. The summed E-state index contributed by atoms with van der Waals surface area (Å²) in [5, 5.41) is 0. The molecule has 2 nitrogen and oxygen atoms in total. The summed E-state index contributed by atoms with van der Waals surface area (Å²) < 4.78 is 0. The summed E-state index contributed by atoms with van der Waals surface area (Å²) in [4.78, 5) is 10.5. The highest BCUT2D eigenvalue weighted by molar-refractivity contribution is 5.63. The highest BCUT2D eigenvalue weighted by Crippen LogP contribution is 2.24. The molecule has 0 aromatic carbocycles. The SMILES string of the molecule is CC1(C=O)C=CC(N)=CC1. The van der Waals surface area contributed by atoms with Crippen LogP contribution in [-0.2, 0) is 4.79 Å². The number of nitrogens with two attached hydrogens (primary N) is 1. The average molecular weight is 137 g/mol. The maximum absolute atomic E-state index is 10.5. The van der Waals surface area contributed by atoms with Crippen molar-refractivity contribution in [3.8, 4) is 0 Å². The zero-order valence-corrected chi connectivity index (χ0v) is 6.00. The summed E-state index contributed by atoms with van der Waals surface area (Å²) >= 11 is 0. The number of rotatable bonds is 1. The van der Waals surface area contributed by atoms with Crippen molar-refractivity contribution in [3.63, 3.8) is 0 Å². The molecule has 54 valence electrons. The van der Waals surface area contributed by atoms with E-state index in [4.69, 9.17) is 5.73 Å². The second-order valence-corrected chi connectivity index (χ2v) is 2.87. The van der Waals surface area contributed by atoms with E-state index < -0.39 is 0 Å². The molecule has 0 aliphatic heterocycles. The van der Waals surface area contributed by atoms with Crippen LogP contribution in [0, 0.1) is 5.41 Å². The van der Waals surface area contributed by atoms with Gasteiger partial charge in [0.05, 0.1) is 0 Å². The predicted molar refractivity (Wildman–Crippen MR) is 40.2 cm³/mol. The number of aldehydes is 1. The molecule has 2 heteroatoms. The Bertz CT molecular complexity index is 205. The molecule has 10 heavy (non-hydrogen) atoms. The third-order valence-electron chi connectivity index (χ3n) is 1.70. The van der Waals surface area contributed by atoms with Crippen LogP contribution in [0.5, 0.6) is 0 Å². The molecule has 2 N–H and O–H groups in total. The van der Waals surface area contributed by atoms with Crippen LogP contribution in [0.2, 0.25) is 0 Å². The van der Waals surface area contributed by atoms with Crippen molar-refractivity contribution in [2.45, 2.75) is 13.3 Å². The second-order valence-electron chi connectivity index (χ2n) is 2.87. The van der Waals surface area contributed by atoms with Crippen molar-refractivity contribution in [1.29, 1.82) is 0 Å². The Balaban J connectivity index is 2.76. The van der Waals surface area contributed by atoms with Crippen molar-refractivity contribution < 1.29 is 4.79 Å². The fourth-order valence-electron chi connectivity index (χ4n) is 0.848. The highest BCUT2D eigenvalue weighted by atomic mass is 16.1. The van der Waals surface area contributed by atoms with Gasteiger partial charge in [0.25, 0.3) is 0 Å². The maximum atomic E-state index is 10.5. The monoisotopic (exact) mass is 137 g/mol. The molecule has 1 aliphatic rings. The fraction of sp³-hybridized carbons (Fsp3) is 0.375. The lowest BCUT2D eigenvalue weighted by molar-refractivity contribution is -0.113. The van der Waals surface area contributed by atoms with Gasteiger partial charge < -0.3 is 10.5 Å². The topological polar surface area (TPSA) is 43.1 Å². The summed E-state index contributed by atoms with van der Waals surface area (Å²) in [5.41, 5.74) is 5.90. The molecule has 1 unspecified atom stereocenters. The Hall–Kier alpha value is -1.05. The Morgan fingerprint density at radius 1 is 1.80 bits per heavy atom. The van der Waals surface area contributed by atoms with Gasteiger partial charge in [-0.2, -0.15) is 0 Å². The first kappa shape index (κ1) is 7.06. The zero-order valence-electron chi connectivity index (χ0n) is 6.00. The molecule has 0 saturated carbocycles. The molecule has 1 aliphatic carbocycles. The molecule has 0 radical (unpaired) electrons. The first-order chi connectivity index (χ1) is 4.66. The largest absolute Gasteiger partial charge is 0.399 e. The quantitative estimate of drug-likeness (QED) is 0.548. The minimum atomic E-state index is -0.317. The molecule has 0 aromatic rings. The van der Waals surface area contributed by atoms with E-state index >= 15 is 0 Å². The van der Waals surface area contributed by atoms with Gasteiger partial charge in [-0.1, -0.05) is 12.2 Å². The summed E-state index contributed by atoms with van der Waals surface area (Å²) in [5.74, 6) is 0. The Kier molecular flexibility index (Phi) is 1.62. The van der Waals surface area contributed by atoms with Gasteiger partial charge in [-0.05, 0) is 19.4 Å². The van der Waals surface area contributed by atoms with Crippen LogP contribution in [0.1, 0.15) is 13.3 Å². The molecule has 0 amide bonds. The Labute approximate surface area is 60.4 Å². The van der Waals surface area contributed by atoms with Crippen LogP contribution < -0.4 is 5.73 Å². The minimum Gasteiger partial charge on any atom is -0.399 e. The van der Waals surface area contributed by atoms with E-state index in [9.17, 15) is 4.79 Å². The van der Waals surface area contributed by atoms with Crippen LogP contribution in [0.3, 0.4) is 0 Å². The van der Waals surface area contributed by atoms with Crippen molar-refractivity contribution in [2.75, 3.05) is 0 Å². The third kappa shape index (κ3) is 1.26. The second kappa shape index (κ2) is 2.29. The van der Waals surface area contributed by atoms with Gasteiger partial charge in [-0.15, -0.1) is 0 Å². The third-order valence-corrected chi connectivity index (χ3v) is 1.70. The van der Waals surface area contributed by atoms with Gasteiger partial charge in [0.2, 0.25) is 0 Å². The fourth-order valence-corrected chi connectivity index (χ4v) is 0.848. The lowest BCUT2D eigenvalue weighted by atomic mass is 9.85. The van der Waals surface area contributed by atoms with E-state index in [1.165, 1.54) is 0 Å². The van der Waals surface area contributed by atoms with E-state index in [-0.39, 0.29) is 5.41 Å². The lowest BCUT2D eigenvalue weighted by Crippen LogP contribution is -2.17. The van der Waals surface area contributed by atoms with Gasteiger partial charge in [0, 0.05) is 11.1 Å². The molecule has 1 rings (SSSR count). The van der Waals surface area contributed by atoms with Crippen LogP contribution in [0.4, 0.5) is 0 Å². The standard InChI is InChI=1S/C8H11NO/c1-8(6-10)4-2-7(9)3-5-8/h2-4,6H,5,9H2,1H3. The summed E-state index contributed by atoms with van der Waals surface area (Å²) in [7, 11) is 0. The number of carbonyl (C=O) groups is 1. The molecule has 0 aromatic heterocycles. The summed E-state index contributed by atoms with van der Waals surface area (Å²) in [6.45, 7) is 1.89. The van der Waals surface area contributed by atoms with E-state index in [0.29, 0.717) is 0 Å². The van der Waals surface area contributed by atoms with Crippen molar-refractivity contribution in [2.24, 2.45) is 11.1 Å². The van der Waals surface area contributed by atoms with Gasteiger partial charge in [0.1, 0.15) is 6.29 Å². The number of hydrogen-bond donors (Lipinski definition) is 1. The normalized spacial score (nSPS) is 31.5.